The van der Waals surface area contributed by atoms with Gasteiger partial charge in [-0.3, -0.25) is 9.89 Å². The summed E-state index contributed by atoms with van der Waals surface area (Å²) in [5, 5.41) is 6.36. The minimum Gasteiger partial charge on any atom is -0.328 e. The average molecular weight is 268 g/mol. The molecule has 0 fully saturated rings. The fourth-order valence-corrected chi connectivity index (χ4v) is 2.57. The van der Waals surface area contributed by atoms with Crippen LogP contribution in [0, 0.1) is 0 Å². The smallest absolute Gasteiger partial charge is 0.247 e. The van der Waals surface area contributed by atoms with Crippen molar-refractivity contribution in [3.8, 4) is 0 Å². The summed E-state index contributed by atoms with van der Waals surface area (Å²) < 4.78 is 25.5. The van der Waals surface area contributed by atoms with Gasteiger partial charge in [-0.1, -0.05) is 0 Å². The summed E-state index contributed by atoms with van der Waals surface area (Å²) in [5.41, 5.74) is 0.414. The first-order chi connectivity index (χ1) is 8.50. The van der Waals surface area contributed by atoms with Gasteiger partial charge in [0.2, 0.25) is 15.6 Å². The molecular formula is C10H12N4O3S. The van der Waals surface area contributed by atoms with Crippen LogP contribution in [-0.4, -0.2) is 35.0 Å². The van der Waals surface area contributed by atoms with E-state index in [0.29, 0.717) is 0 Å². The molecule has 0 spiro atoms. The van der Waals surface area contributed by atoms with Crippen LogP contribution in [0.3, 0.4) is 0 Å². The molecule has 0 aromatic carbocycles. The highest BCUT2D eigenvalue weighted by Gasteiger charge is 2.21. The summed E-state index contributed by atoms with van der Waals surface area (Å²) >= 11 is 0. The van der Waals surface area contributed by atoms with E-state index in [9.17, 15) is 13.2 Å². The molecule has 0 radical (unpaired) electrons. The molecule has 0 aliphatic heterocycles. The zero-order valence-electron chi connectivity index (χ0n) is 9.62. The van der Waals surface area contributed by atoms with Gasteiger partial charge in [0.15, 0.2) is 0 Å². The summed E-state index contributed by atoms with van der Waals surface area (Å²) in [7, 11) is -2.14. The molecule has 2 rings (SSSR count). The average Bonchev–Trinajstić information content (AvgIpc) is 2.82. The molecule has 2 N–H and O–H groups in total. The van der Waals surface area contributed by atoms with Crippen molar-refractivity contribution in [2.75, 3.05) is 7.05 Å². The van der Waals surface area contributed by atoms with Gasteiger partial charge in [-0.25, -0.2) is 8.42 Å². The number of H-pyrrole nitrogens is 2. The minimum absolute atomic E-state index is 0.0492. The molecule has 2 heterocycles. The second-order valence-corrected chi connectivity index (χ2v) is 5.80. The Balaban J connectivity index is 2.25. The normalized spacial score (nSPS) is 11.9. The van der Waals surface area contributed by atoms with Crippen molar-refractivity contribution in [1.29, 1.82) is 0 Å². The quantitative estimate of drug-likeness (QED) is 0.810. The van der Waals surface area contributed by atoms with E-state index in [-0.39, 0.29) is 17.0 Å². The van der Waals surface area contributed by atoms with E-state index in [0.717, 1.165) is 5.56 Å². The lowest BCUT2D eigenvalue weighted by Crippen LogP contribution is -2.26. The van der Waals surface area contributed by atoms with Crippen LogP contribution in [0.1, 0.15) is 5.56 Å². The van der Waals surface area contributed by atoms with E-state index in [1.165, 1.54) is 29.7 Å². The molecule has 0 unspecified atom stereocenters. The minimum atomic E-state index is -3.61. The molecule has 7 nitrogen and oxygen atoms in total. The molecule has 0 aliphatic carbocycles. The molecule has 0 bridgehead atoms. The number of hydrogen-bond donors (Lipinski definition) is 2. The molecular weight excluding hydrogens is 256 g/mol. The van der Waals surface area contributed by atoms with Crippen LogP contribution in [0.15, 0.2) is 40.4 Å². The predicted molar refractivity (Wildman–Crippen MR) is 64.3 cm³/mol. The van der Waals surface area contributed by atoms with Crippen molar-refractivity contribution in [3.05, 3.63) is 46.6 Å². The van der Waals surface area contributed by atoms with E-state index in [1.54, 1.807) is 12.4 Å². The van der Waals surface area contributed by atoms with Crippen LogP contribution in [0.25, 0.3) is 0 Å². The fourth-order valence-electron chi connectivity index (χ4n) is 1.44. The van der Waals surface area contributed by atoms with Crippen LogP contribution in [0.5, 0.6) is 0 Å². The molecule has 0 atom stereocenters. The first kappa shape index (κ1) is 12.5. The van der Waals surface area contributed by atoms with Gasteiger partial charge in [0.25, 0.3) is 0 Å². The van der Waals surface area contributed by atoms with Crippen LogP contribution >= 0.6 is 0 Å². The fraction of sp³-hybridized carbons (Fsp3) is 0.200. The van der Waals surface area contributed by atoms with E-state index < -0.39 is 10.0 Å². The van der Waals surface area contributed by atoms with Crippen LogP contribution < -0.4 is 5.56 Å². The van der Waals surface area contributed by atoms with Crippen molar-refractivity contribution >= 4 is 10.0 Å². The van der Waals surface area contributed by atoms with Crippen LogP contribution in [0.4, 0.5) is 0 Å². The second kappa shape index (κ2) is 4.75. The maximum atomic E-state index is 12.1. The standard InChI is InChI=1S/C10H12N4O3S/c1-14(7-8-4-12-13-5-8)18(16,17)9-2-3-10(15)11-6-9/h2-6H,7H2,1H3,(H,11,15)(H,12,13). The molecule has 0 saturated carbocycles. The highest BCUT2D eigenvalue weighted by Crippen LogP contribution is 2.14. The van der Waals surface area contributed by atoms with Crippen molar-refractivity contribution in [1.82, 2.24) is 19.5 Å². The van der Waals surface area contributed by atoms with Gasteiger partial charge in [-0.2, -0.15) is 9.40 Å². The summed E-state index contributed by atoms with van der Waals surface area (Å²) in [5.74, 6) is 0. The van der Waals surface area contributed by atoms with E-state index >= 15 is 0 Å². The van der Waals surface area contributed by atoms with E-state index in [4.69, 9.17) is 0 Å². The number of aromatic amines is 2. The number of pyridine rings is 1. The van der Waals surface area contributed by atoms with Gasteiger partial charge in [0, 0.05) is 37.6 Å². The summed E-state index contributed by atoms with van der Waals surface area (Å²) in [6, 6.07) is 2.46. The van der Waals surface area contributed by atoms with E-state index in [1.807, 2.05) is 0 Å². The largest absolute Gasteiger partial charge is 0.328 e. The number of nitrogens with zero attached hydrogens (tertiary/aromatic N) is 2. The van der Waals surface area contributed by atoms with Crippen molar-refractivity contribution in [2.45, 2.75) is 11.4 Å². The molecule has 2 aromatic rings. The number of rotatable bonds is 4. The number of aromatic nitrogens is 3. The Morgan fingerprint density at radius 3 is 2.67 bits per heavy atom. The van der Waals surface area contributed by atoms with Crippen LogP contribution in [-0.2, 0) is 16.6 Å². The van der Waals surface area contributed by atoms with Crippen molar-refractivity contribution in [3.63, 3.8) is 0 Å². The van der Waals surface area contributed by atoms with Crippen molar-refractivity contribution in [2.24, 2.45) is 0 Å². The Morgan fingerprint density at radius 1 is 1.33 bits per heavy atom. The van der Waals surface area contributed by atoms with Gasteiger partial charge in [0.05, 0.1) is 11.1 Å². The summed E-state index contributed by atoms with van der Waals surface area (Å²) in [4.78, 5) is 13.3. The Hall–Kier alpha value is -1.93. The Kier molecular flexibility index (Phi) is 3.30. The molecule has 18 heavy (non-hydrogen) atoms. The van der Waals surface area contributed by atoms with Gasteiger partial charge < -0.3 is 4.98 Å². The lowest BCUT2D eigenvalue weighted by atomic mass is 10.4. The van der Waals surface area contributed by atoms with Gasteiger partial charge in [-0.05, 0) is 6.07 Å². The highest BCUT2D eigenvalue weighted by atomic mass is 32.2. The maximum Gasteiger partial charge on any atom is 0.247 e. The Morgan fingerprint density at radius 2 is 2.11 bits per heavy atom. The lowest BCUT2D eigenvalue weighted by molar-refractivity contribution is 0.466. The van der Waals surface area contributed by atoms with Gasteiger partial charge in [0.1, 0.15) is 0 Å². The molecule has 0 saturated heterocycles. The van der Waals surface area contributed by atoms with Crippen LogP contribution in [0.2, 0.25) is 0 Å². The second-order valence-electron chi connectivity index (χ2n) is 3.76. The molecule has 0 amide bonds. The van der Waals surface area contributed by atoms with E-state index in [2.05, 4.69) is 15.2 Å². The maximum absolute atomic E-state index is 12.1. The number of nitrogens with one attached hydrogen (secondary N) is 2. The molecule has 96 valence electrons. The third-order valence-corrected chi connectivity index (χ3v) is 4.22. The van der Waals surface area contributed by atoms with Gasteiger partial charge in [-0.15, -0.1) is 0 Å². The first-order valence-electron chi connectivity index (χ1n) is 5.13. The number of sulfonamides is 1. The third kappa shape index (κ3) is 2.49. The van der Waals surface area contributed by atoms with Crippen molar-refractivity contribution < 1.29 is 8.42 Å². The van der Waals surface area contributed by atoms with Gasteiger partial charge >= 0.3 is 0 Å². The lowest BCUT2D eigenvalue weighted by Gasteiger charge is -2.15. The zero-order valence-corrected chi connectivity index (χ0v) is 10.4. The molecule has 0 aliphatic rings. The summed E-state index contributed by atoms with van der Waals surface area (Å²) in [6.07, 6.45) is 4.36. The summed E-state index contributed by atoms with van der Waals surface area (Å²) in [6.45, 7) is 0.206. The third-order valence-electron chi connectivity index (χ3n) is 2.42. The highest BCUT2D eigenvalue weighted by molar-refractivity contribution is 7.89. The monoisotopic (exact) mass is 268 g/mol. The zero-order chi connectivity index (χ0) is 13.2. The molecule has 2 aromatic heterocycles. The Labute approximate surface area is 104 Å². The number of hydrogen-bond acceptors (Lipinski definition) is 4. The Bertz CT molecular complexity index is 655. The molecule has 8 heteroatoms. The predicted octanol–water partition coefficient (Wildman–Crippen LogP) is -0.0813. The SMILES string of the molecule is CN(Cc1cn[nH]c1)S(=O)(=O)c1ccc(=O)[nH]c1. The topological polar surface area (TPSA) is 98.9 Å². The first-order valence-corrected chi connectivity index (χ1v) is 6.57.